The summed E-state index contributed by atoms with van der Waals surface area (Å²) in [4.78, 5) is 2.27. The number of benzene rings is 2. The average molecular weight is 446 g/mol. The van der Waals surface area contributed by atoms with E-state index < -0.39 is 37.3 Å². The zero-order valence-corrected chi connectivity index (χ0v) is 17.8. The predicted octanol–water partition coefficient (Wildman–Crippen LogP) is 0.417. The van der Waals surface area contributed by atoms with Gasteiger partial charge in [0.1, 0.15) is 30.2 Å². The second-order valence-corrected chi connectivity index (χ2v) is 8.48. The van der Waals surface area contributed by atoms with Crippen molar-refractivity contribution < 1.29 is 35.0 Å². The Morgan fingerprint density at radius 1 is 0.875 bits per heavy atom. The summed E-state index contributed by atoms with van der Waals surface area (Å²) < 4.78 is 11.3. The fraction of sp³-hybridized carbons (Fsp3) is 0.500. The lowest BCUT2D eigenvalue weighted by atomic mass is 9.99. The van der Waals surface area contributed by atoms with Gasteiger partial charge in [0.15, 0.2) is 0 Å². The van der Waals surface area contributed by atoms with Crippen LogP contribution in [0.2, 0.25) is 0 Å². The van der Waals surface area contributed by atoms with Crippen LogP contribution in [0, 0.1) is 0 Å². The van der Waals surface area contributed by atoms with Gasteiger partial charge < -0.3 is 39.9 Å². The minimum absolute atomic E-state index is 0.203. The monoisotopic (exact) mass is 445 g/mol. The Morgan fingerprint density at radius 2 is 1.56 bits per heavy atom. The van der Waals surface area contributed by atoms with E-state index in [4.69, 9.17) is 9.47 Å². The van der Waals surface area contributed by atoms with Gasteiger partial charge in [-0.2, -0.15) is 0 Å². The first-order valence-corrected chi connectivity index (χ1v) is 11.0. The van der Waals surface area contributed by atoms with Gasteiger partial charge >= 0.3 is 0 Å². The molecule has 2 fully saturated rings. The van der Waals surface area contributed by atoms with Gasteiger partial charge in [-0.05, 0) is 42.2 Å². The van der Waals surface area contributed by atoms with Crippen LogP contribution < -0.4 is 9.64 Å². The van der Waals surface area contributed by atoms with E-state index in [-0.39, 0.29) is 6.10 Å². The molecule has 2 aliphatic heterocycles. The molecule has 0 amide bonds. The number of rotatable bonds is 6. The molecule has 174 valence electrons. The van der Waals surface area contributed by atoms with Crippen molar-refractivity contribution in [1.29, 1.82) is 0 Å². The highest BCUT2D eigenvalue weighted by Crippen LogP contribution is 2.28. The van der Waals surface area contributed by atoms with Crippen molar-refractivity contribution in [2.75, 3.05) is 24.6 Å². The maximum atomic E-state index is 10.3. The van der Waals surface area contributed by atoms with Crippen LogP contribution in [0.25, 0.3) is 0 Å². The van der Waals surface area contributed by atoms with Gasteiger partial charge in [0.25, 0.3) is 0 Å². The smallest absolute Gasteiger partial charge is 0.229 e. The third-order valence-corrected chi connectivity index (χ3v) is 6.22. The lowest BCUT2D eigenvalue weighted by molar-refractivity contribution is -0.277. The van der Waals surface area contributed by atoms with E-state index in [1.807, 2.05) is 12.1 Å². The molecule has 0 aromatic heterocycles. The SMILES string of the molecule is OC[C@H]1O[C@H](Oc2ccccc2Cc2ccc(N3CCC(O)CC3)cc2)[C@H](O)[C@@H](O)[C@@H]1O. The van der Waals surface area contributed by atoms with Gasteiger partial charge in [0, 0.05) is 25.2 Å². The van der Waals surface area contributed by atoms with Crippen molar-refractivity contribution in [3.05, 3.63) is 59.7 Å². The average Bonchev–Trinajstić information content (AvgIpc) is 2.81. The quantitative estimate of drug-likeness (QED) is 0.434. The minimum Gasteiger partial charge on any atom is -0.462 e. The molecule has 5 N–H and O–H groups in total. The number of hydrogen-bond donors (Lipinski definition) is 5. The molecule has 0 bridgehead atoms. The van der Waals surface area contributed by atoms with E-state index in [2.05, 4.69) is 29.2 Å². The van der Waals surface area contributed by atoms with Crippen molar-refractivity contribution in [2.24, 2.45) is 0 Å². The Balaban J connectivity index is 1.44. The standard InChI is InChI=1S/C24H31NO7/c26-14-20-21(28)22(29)23(30)24(32-20)31-19-4-2-1-3-16(19)13-15-5-7-17(8-6-15)25-11-9-18(27)10-12-25/h1-8,18,20-24,26-30H,9-14H2/t20-,21-,22+,23-,24+/m1/s1. The molecule has 8 nitrogen and oxygen atoms in total. The third-order valence-electron chi connectivity index (χ3n) is 6.22. The summed E-state index contributed by atoms with van der Waals surface area (Å²) in [6.07, 6.45) is -4.65. The molecular formula is C24H31NO7. The summed E-state index contributed by atoms with van der Waals surface area (Å²) in [5.41, 5.74) is 3.08. The van der Waals surface area contributed by atoms with Crippen LogP contribution in [-0.4, -0.2) is 82.0 Å². The number of piperidine rings is 1. The lowest BCUT2D eigenvalue weighted by Gasteiger charge is -2.39. The van der Waals surface area contributed by atoms with Crippen LogP contribution in [0.5, 0.6) is 5.75 Å². The van der Waals surface area contributed by atoms with Crippen LogP contribution in [0.4, 0.5) is 5.69 Å². The van der Waals surface area contributed by atoms with Crippen molar-refractivity contribution in [2.45, 2.75) is 56.1 Å². The summed E-state index contributed by atoms with van der Waals surface area (Å²) >= 11 is 0. The van der Waals surface area contributed by atoms with Crippen molar-refractivity contribution in [3.63, 3.8) is 0 Å². The Kier molecular flexibility index (Phi) is 7.30. The molecule has 0 saturated carbocycles. The molecule has 5 atom stereocenters. The molecule has 4 rings (SSSR count). The first-order chi connectivity index (χ1) is 15.5. The second kappa shape index (κ2) is 10.2. The van der Waals surface area contributed by atoms with Crippen LogP contribution in [0.1, 0.15) is 24.0 Å². The number of aliphatic hydroxyl groups excluding tert-OH is 5. The number of anilines is 1. The third kappa shape index (κ3) is 5.06. The molecule has 2 aromatic rings. The van der Waals surface area contributed by atoms with Gasteiger partial charge in [0.05, 0.1) is 12.7 Å². The number of nitrogens with zero attached hydrogens (tertiary/aromatic N) is 1. The Morgan fingerprint density at radius 3 is 2.25 bits per heavy atom. The molecule has 0 radical (unpaired) electrons. The van der Waals surface area contributed by atoms with Crippen molar-refractivity contribution in [1.82, 2.24) is 0 Å². The topological polar surface area (TPSA) is 123 Å². The molecule has 0 aliphatic carbocycles. The molecule has 2 aliphatic rings. The molecule has 0 spiro atoms. The maximum Gasteiger partial charge on any atom is 0.229 e. The molecule has 32 heavy (non-hydrogen) atoms. The van der Waals surface area contributed by atoms with Crippen molar-refractivity contribution in [3.8, 4) is 5.75 Å². The largest absolute Gasteiger partial charge is 0.462 e. The van der Waals surface area contributed by atoms with E-state index in [0.29, 0.717) is 12.2 Å². The number of hydrogen-bond acceptors (Lipinski definition) is 8. The van der Waals surface area contributed by atoms with E-state index in [0.717, 1.165) is 42.7 Å². The second-order valence-electron chi connectivity index (χ2n) is 8.48. The number of aliphatic hydroxyl groups is 5. The highest BCUT2D eigenvalue weighted by molar-refractivity contribution is 5.49. The summed E-state index contributed by atoms with van der Waals surface area (Å²) in [5.74, 6) is 0.492. The summed E-state index contributed by atoms with van der Waals surface area (Å²) in [6, 6.07) is 15.6. The first-order valence-electron chi connectivity index (χ1n) is 11.0. The van der Waals surface area contributed by atoms with Gasteiger partial charge in [-0.25, -0.2) is 0 Å². The molecule has 8 heteroatoms. The fourth-order valence-corrected chi connectivity index (χ4v) is 4.22. The van der Waals surface area contributed by atoms with Gasteiger partial charge in [-0.3, -0.25) is 0 Å². The van der Waals surface area contributed by atoms with Crippen LogP contribution in [-0.2, 0) is 11.2 Å². The zero-order valence-electron chi connectivity index (χ0n) is 17.8. The summed E-state index contributed by atoms with van der Waals surface area (Å²) in [6.45, 7) is 1.18. The lowest BCUT2D eigenvalue weighted by Crippen LogP contribution is -2.60. The van der Waals surface area contributed by atoms with E-state index in [1.165, 1.54) is 0 Å². The Hall–Kier alpha value is -2.20. The predicted molar refractivity (Wildman–Crippen MR) is 118 cm³/mol. The fourth-order valence-electron chi connectivity index (χ4n) is 4.22. The highest BCUT2D eigenvalue weighted by atomic mass is 16.7. The van der Waals surface area contributed by atoms with Gasteiger partial charge in [-0.1, -0.05) is 30.3 Å². The first kappa shape index (κ1) is 23.0. The Labute approximate surface area is 187 Å². The van der Waals surface area contributed by atoms with Crippen LogP contribution in [0.3, 0.4) is 0 Å². The van der Waals surface area contributed by atoms with E-state index in [1.54, 1.807) is 12.1 Å². The summed E-state index contributed by atoms with van der Waals surface area (Å²) in [7, 11) is 0. The number of para-hydroxylation sites is 1. The van der Waals surface area contributed by atoms with Gasteiger partial charge in [0.2, 0.25) is 6.29 Å². The molecule has 0 unspecified atom stereocenters. The van der Waals surface area contributed by atoms with Crippen molar-refractivity contribution >= 4 is 5.69 Å². The normalized spacial score (nSPS) is 29.2. The molecule has 2 heterocycles. The minimum atomic E-state index is -1.48. The Bertz CT molecular complexity index is 867. The summed E-state index contributed by atoms with van der Waals surface area (Å²) in [5, 5.41) is 49.3. The molecule has 2 aromatic carbocycles. The molecule has 2 saturated heterocycles. The highest BCUT2D eigenvalue weighted by Gasteiger charge is 2.44. The molecular weight excluding hydrogens is 414 g/mol. The number of ether oxygens (including phenoxy) is 2. The van der Waals surface area contributed by atoms with E-state index in [9.17, 15) is 25.5 Å². The van der Waals surface area contributed by atoms with Crippen LogP contribution in [0.15, 0.2) is 48.5 Å². The zero-order chi connectivity index (χ0) is 22.7. The maximum absolute atomic E-state index is 10.3. The van der Waals surface area contributed by atoms with Gasteiger partial charge in [-0.15, -0.1) is 0 Å². The van der Waals surface area contributed by atoms with Crippen LogP contribution >= 0.6 is 0 Å². The van der Waals surface area contributed by atoms with E-state index >= 15 is 0 Å².